The summed E-state index contributed by atoms with van der Waals surface area (Å²) in [4.78, 5) is 15.4. The Kier molecular flexibility index (Phi) is 3.03. The molecule has 0 unspecified atom stereocenters. The highest BCUT2D eigenvalue weighted by molar-refractivity contribution is 5.91. The summed E-state index contributed by atoms with van der Waals surface area (Å²) < 4.78 is 0. The highest BCUT2D eigenvalue weighted by Gasteiger charge is 2.12. The minimum Gasteiger partial charge on any atom is -0.370 e. The second-order valence-electron chi connectivity index (χ2n) is 3.15. The molecule has 0 amide bonds. The van der Waals surface area contributed by atoms with Crippen LogP contribution in [0.15, 0.2) is 24.3 Å². The Labute approximate surface area is 77.5 Å². The molecular formula is C10H13NO2. The lowest BCUT2D eigenvalue weighted by atomic mass is 9.97. The molecule has 0 aliphatic carbocycles. The van der Waals surface area contributed by atoms with Crippen molar-refractivity contribution in [2.75, 3.05) is 0 Å². The van der Waals surface area contributed by atoms with Crippen molar-refractivity contribution < 1.29 is 9.63 Å². The Bertz CT molecular complexity index is 308. The van der Waals surface area contributed by atoms with E-state index in [2.05, 4.69) is 4.84 Å². The molecule has 0 aromatic heterocycles. The quantitative estimate of drug-likeness (QED) is 0.705. The van der Waals surface area contributed by atoms with Gasteiger partial charge < -0.3 is 4.84 Å². The topological polar surface area (TPSA) is 52.3 Å². The Morgan fingerprint density at radius 3 is 2.54 bits per heavy atom. The van der Waals surface area contributed by atoms with Gasteiger partial charge in [-0.3, -0.25) is 0 Å². The van der Waals surface area contributed by atoms with E-state index >= 15 is 0 Å². The van der Waals surface area contributed by atoms with Crippen LogP contribution >= 0.6 is 0 Å². The maximum absolute atomic E-state index is 11.2. The van der Waals surface area contributed by atoms with Crippen molar-refractivity contribution in [3.05, 3.63) is 35.4 Å². The van der Waals surface area contributed by atoms with E-state index in [9.17, 15) is 4.79 Å². The van der Waals surface area contributed by atoms with Gasteiger partial charge in [-0.2, -0.15) is 5.90 Å². The molecule has 1 aromatic carbocycles. The smallest absolute Gasteiger partial charge is 0.356 e. The van der Waals surface area contributed by atoms with Gasteiger partial charge in [0.2, 0.25) is 0 Å². The summed E-state index contributed by atoms with van der Waals surface area (Å²) in [5.74, 6) is 4.63. The summed E-state index contributed by atoms with van der Waals surface area (Å²) in [6.07, 6.45) is 0. The van der Waals surface area contributed by atoms with Gasteiger partial charge in [0.1, 0.15) is 0 Å². The second-order valence-corrected chi connectivity index (χ2v) is 3.15. The summed E-state index contributed by atoms with van der Waals surface area (Å²) in [6.45, 7) is 4.03. The fourth-order valence-corrected chi connectivity index (χ4v) is 1.25. The number of benzene rings is 1. The monoisotopic (exact) mass is 179 g/mol. The van der Waals surface area contributed by atoms with Gasteiger partial charge in [0, 0.05) is 0 Å². The van der Waals surface area contributed by atoms with Crippen molar-refractivity contribution in [3.63, 3.8) is 0 Å². The minimum absolute atomic E-state index is 0.287. The van der Waals surface area contributed by atoms with Crippen LogP contribution in [0.5, 0.6) is 0 Å². The van der Waals surface area contributed by atoms with Crippen molar-refractivity contribution in [2.24, 2.45) is 5.90 Å². The van der Waals surface area contributed by atoms with Gasteiger partial charge >= 0.3 is 5.97 Å². The van der Waals surface area contributed by atoms with Gasteiger partial charge in [-0.15, -0.1) is 0 Å². The summed E-state index contributed by atoms with van der Waals surface area (Å²) in [5, 5.41) is 0. The van der Waals surface area contributed by atoms with Crippen molar-refractivity contribution in [3.8, 4) is 0 Å². The normalized spacial score (nSPS) is 10.2. The Morgan fingerprint density at radius 2 is 2.00 bits per heavy atom. The Morgan fingerprint density at radius 1 is 1.38 bits per heavy atom. The van der Waals surface area contributed by atoms with Crippen LogP contribution in [0, 0.1) is 0 Å². The molecule has 0 saturated carbocycles. The van der Waals surface area contributed by atoms with Crippen molar-refractivity contribution >= 4 is 5.97 Å². The molecule has 0 spiro atoms. The van der Waals surface area contributed by atoms with Gasteiger partial charge in [0.05, 0.1) is 5.56 Å². The maximum atomic E-state index is 11.2. The van der Waals surface area contributed by atoms with Gasteiger partial charge in [0.15, 0.2) is 0 Å². The van der Waals surface area contributed by atoms with Crippen LogP contribution in [-0.2, 0) is 4.84 Å². The highest BCUT2D eigenvalue weighted by Crippen LogP contribution is 2.19. The molecule has 0 heterocycles. The number of carbonyl (C=O) groups is 1. The first-order valence-corrected chi connectivity index (χ1v) is 4.16. The molecule has 13 heavy (non-hydrogen) atoms. The SMILES string of the molecule is CC(C)c1ccccc1C(=O)ON. The zero-order valence-corrected chi connectivity index (χ0v) is 7.78. The first kappa shape index (κ1) is 9.74. The van der Waals surface area contributed by atoms with Gasteiger partial charge in [0.25, 0.3) is 0 Å². The minimum atomic E-state index is -0.482. The highest BCUT2D eigenvalue weighted by atomic mass is 16.7. The van der Waals surface area contributed by atoms with E-state index in [4.69, 9.17) is 5.90 Å². The molecule has 2 N–H and O–H groups in total. The summed E-state index contributed by atoms with van der Waals surface area (Å²) in [5.41, 5.74) is 1.50. The predicted molar refractivity (Wildman–Crippen MR) is 50.1 cm³/mol. The third-order valence-electron chi connectivity index (χ3n) is 1.91. The van der Waals surface area contributed by atoms with Gasteiger partial charge in [-0.1, -0.05) is 32.0 Å². The Hall–Kier alpha value is -1.35. The van der Waals surface area contributed by atoms with Crippen molar-refractivity contribution in [1.82, 2.24) is 0 Å². The predicted octanol–water partition coefficient (Wildman–Crippen LogP) is 1.84. The first-order chi connectivity index (χ1) is 6.16. The van der Waals surface area contributed by atoms with Crippen LogP contribution in [0.4, 0.5) is 0 Å². The van der Waals surface area contributed by atoms with Gasteiger partial charge in [-0.05, 0) is 17.5 Å². The molecule has 0 radical (unpaired) electrons. The van der Waals surface area contributed by atoms with E-state index in [1.165, 1.54) is 0 Å². The number of rotatable bonds is 2. The lowest BCUT2D eigenvalue weighted by Gasteiger charge is -2.09. The fraction of sp³-hybridized carbons (Fsp3) is 0.300. The zero-order chi connectivity index (χ0) is 9.84. The van der Waals surface area contributed by atoms with Crippen LogP contribution in [-0.4, -0.2) is 5.97 Å². The average Bonchev–Trinajstić information content (AvgIpc) is 2.16. The molecule has 0 aliphatic heterocycles. The van der Waals surface area contributed by atoms with E-state index in [0.29, 0.717) is 5.56 Å². The molecule has 0 bridgehead atoms. The lowest BCUT2D eigenvalue weighted by molar-refractivity contribution is 0.0501. The molecule has 0 aliphatic rings. The van der Waals surface area contributed by atoms with Crippen LogP contribution in [0.3, 0.4) is 0 Å². The molecule has 70 valence electrons. The third-order valence-corrected chi connectivity index (χ3v) is 1.91. The van der Waals surface area contributed by atoms with Crippen molar-refractivity contribution in [2.45, 2.75) is 19.8 Å². The van der Waals surface area contributed by atoms with E-state index in [1.54, 1.807) is 12.1 Å². The summed E-state index contributed by atoms with van der Waals surface area (Å²) in [7, 11) is 0. The lowest BCUT2D eigenvalue weighted by Crippen LogP contribution is -2.12. The van der Waals surface area contributed by atoms with E-state index < -0.39 is 5.97 Å². The van der Waals surface area contributed by atoms with E-state index in [1.807, 2.05) is 26.0 Å². The van der Waals surface area contributed by atoms with E-state index in [-0.39, 0.29) is 5.92 Å². The number of nitrogens with two attached hydrogens (primary N) is 1. The number of hydrogen-bond acceptors (Lipinski definition) is 3. The second kappa shape index (κ2) is 4.05. The molecule has 3 nitrogen and oxygen atoms in total. The van der Waals surface area contributed by atoms with E-state index in [0.717, 1.165) is 5.56 Å². The standard InChI is InChI=1S/C10H13NO2/c1-7(2)8-5-3-4-6-9(8)10(12)13-11/h3-7H,11H2,1-2H3. The molecule has 0 saturated heterocycles. The largest absolute Gasteiger partial charge is 0.370 e. The third kappa shape index (κ3) is 2.06. The molecule has 0 atom stereocenters. The molecule has 3 heteroatoms. The average molecular weight is 179 g/mol. The molecular weight excluding hydrogens is 166 g/mol. The van der Waals surface area contributed by atoms with Crippen LogP contribution in [0.2, 0.25) is 0 Å². The molecule has 1 aromatic rings. The van der Waals surface area contributed by atoms with Gasteiger partial charge in [-0.25, -0.2) is 4.79 Å². The van der Waals surface area contributed by atoms with Crippen LogP contribution in [0.25, 0.3) is 0 Å². The van der Waals surface area contributed by atoms with Crippen LogP contribution in [0.1, 0.15) is 35.7 Å². The number of carbonyl (C=O) groups excluding carboxylic acids is 1. The molecule has 0 fully saturated rings. The Balaban J connectivity index is 3.12. The summed E-state index contributed by atoms with van der Waals surface area (Å²) >= 11 is 0. The van der Waals surface area contributed by atoms with Crippen LogP contribution < -0.4 is 5.90 Å². The fourth-order valence-electron chi connectivity index (χ4n) is 1.25. The first-order valence-electron chi connectivity index (χ1n) is 4.16. The maximum Gasteiger partial charge on any atom is 0.356 e. The molecule has 1 rings (SSSR count). The zero-order valence-electron chi connectivity index (χ0n) is 7.78. The number of hydrogen-bond donors (Lipinski definition) is 1. The summed E-state index contributed by atoms with van der Waals surface area (Å²) in [6, 6.07) is 7.29. The van der Waals surface area contributed by atoms with Crippen molar-refractivity contribution in [1.29, 1.82) is 0 Å².